The molecule has 0 aromatic heterocycles. The maximum atomic E-state index is 13.6. The van der Waals surface area contributed by atoms with Gasteiger partial charge in [0.2, 0.25) is 0 Å². The Hall–Kier alpha value is -3.09. The number of rotatable bonds is 6. The van der Waals surface area contributed by atoms with Crippen LogP contribution in [0.25, 0.3) is 0 Å². The zero-order valence-electron chi connectivity index (χ0n) is 19.5. The fourth-order valence-corrected chi connectivity index (χ4v) is 4.41. The molecule has 7 heteroatoms. The first kappa shape index (κ1) is 23.6. The summed E-state index contributed by atoms with van der Waals surface area (Å²) in [6, 6.07) is 7.25. The molecular formula is C25H31NO6. The van der Waals surface area contributed by atoms with Crippen molar-refractivity contribution in [1.82, 2.24) is 5.32 Å². The van der Waals surface area contributed by atoms with E-state index in [2.05, 4.69) is 5.32 Å². The van der Waals surface area contributed by atoms with Crippen molar-refractivity contribution in [3.8, 4) is 5.75 Å². The van der Waals surface area contributed by atoms with Crippen LogP contribution in [0.4, 0.5) is 0 Å². The maximum absolute atomic E-state index is 13.6. The van der Waals surface area contributed by atoms with Gasteiger partial charge in [-0.05, 0) is 50.3 Å². The van der Waals surface area contributed by atoms with Gasteiger partial charge in [0, 0.05) is 22.9 Å². The van der Waals surface area contributed by atoms with Crippen molar-refractivity contribution in [2.75, 3.05) is 14.2 Å². The predicted octanol–water partition coefficient (Wildman–Crippen LogP) is 3.65. The molecule has 3 rings (SSSR count). The Morgan fingerprint density at radius 2 is 1.84 bits per heavy atom. The van der Waals surface area contributed by atoms with Crippen LogP contribution in [0.5, 0.6) is 5.75 Å². The standard InChI is InChI=1S/C25H31NO6/c1-7-14(3)32-25(29)20-15(4)26-18-12-13(2)19(24(28)31-6)23(27)22(18)21(20)16-8-10-17(30-5)11-9-16/h8-11,13-14,19,21,26H,7,12H2,1-6H3/t13-,14-,19+,21-/m0/s1. The molecule has 1 aliphatic carbocycles. The first-order valence-corrected chi connectivity index (χ1v) is 10.9. The number of benzene rings is 1. The molecule has 1 heterocycles. The minimum Gasteiger partial charge on any atom is -0.497 e. The summed E-state index contributed by atoms with van der Waals surface area (Å²) in [6.45, 7) is 7.44. The second kappa shape index (κ2) is 9.59. The van der Waals surface area contributed by atoms with Gasteiger partial charge in [-0.3, -0.25) is 9.59 Å². The lowest BCUT2D eigenvalue weighted by Crippen LogP contribution is -2.43. The van der Waals surface area contributed by atoms with Gasteiger partial charge in [0.15, 0.2) is 5.78 Å². The van der Waals surface area contributed by atoms with Crippen LogP contribution in [0, 0.1) is 11.8 Å². The van der Waals surface area contributed by atoms with E-state index < -0.39 is 23.8 Å². The van der Waals surface area contributed by atoms with Crippen molar-refractivity contribution in [1.29, 1.82) is 0 Å². The molecule has 0 spiro atoms. The Kier molecular flexibility index (Phi) is 7.06. The average Bonchev–Trinajstić information content (AvgIpc) is 2.77. The number of hydrogen-bond donors (Lipinski definition) is 1. The van der Waals surface area contributed by atoms with Crippen LogP contribution in [-0.2, 0) is 23.9 Å². The number of carbonyl (C=O) groups excluding carboxylic acids is 3. The molecule has 2 aliphatic rings. The third-order valence-electron chi connectivity index (χ3n) is 6.30. The van der Waals surface area contributed by atoms with E-state index in [1.165, 1.54) is 7.11 Å². The summed E-state index contributed by atoms with van der Waals surface area (Å²) in [7, 11) is 2.86. The summed E-state index contributed by atoms with van der Waals surface area (Å²) in [5.74, 6) is -2.47. The molecule has 1 aliphatic heterocycles. The highest BCUT2D eigenvalue weighted by atomic mass is 16.5. The molecule has 172 valence electrons. The van der Waals surface area contributed by atoms with Crippen molar-refractivity contribution in [2.45, 2.75) is 52.6 Å². The van der Waals surface area contributed by atoms with E-state index in [4.69, 9.17) is 14.2 Å². The van der Waals surface area contributed by atoms with Gasteiger partial charge in [-0.1, -0.05) is 26.0 Å². The third-order valence-corrected chi connectivity index (χ3v) is 6.30. The zero-order chi connectivity index (χ0) is 23.6. The van der Waals surface area contributed by atoms with E-state index >= 15 is 0 Å². The lowest BCUT2D eigenvalue weighted by atomic mass is 9.69. The van der Waals surface area contributed by atoms with Crippen LogP contribution in [0.3, 0.4) is 0 Å². The normalized spacial score (nSPS) is 23.8. The molecule has 1 aromatic carbocycles. The molecule has 0 bridgehead atoms. The van der Waals surface area contributed by atoms with Gasteiger partial charge >= 0.3 is 11.9 Å². The highest BCUT2D eigenvalue weighted by molar-refractivity contribution is 6.12. The third kappa shape index (κ3) is 4.29. The highest BCUT2D eigenvalue weighted by Gasteiger charge is 2.47. The number of methoxy groups -OCH3 is 2. The molecule has 1 aromatic rings. The summed E-state index contributed by atoms with van der Waals surface area (Å²) in [5.41, 5.74) is 2.93. The van der Waals surface area contributed by atoms with Gasteiger partial charge in [0.05, 0.1) is 25.9 Å². The van der Waals surface area contributed by atoms with Crippen molar-refractivity contribution >= 4 is 17.7 Å². The zero-order valence-corrected chi connectivity index (χ0v) is 19.5. The van der Waals surface area contributed by atoms with Crippen molar-refractivity contribution < 1.29 is 28.6 Å². The van der Waals surface area contributed by atoms with Crippen molar-refractivity contribution in [3.05, 3.63) is 52.4 Å². The number of ketones is 1. The summed E-state index contributed by atoms with van der Waals surface area (Å²) in [5, 5.41) is 3.26. The molecule has 0 amide bonds. The van der Waals surface area contributed by atoms with Crippen molar-refractivity contribution in [2.24, 2.45) is 11.8 Å². The molecule has 0 fully saturated rings. The van der Waals surface area contributed by atoms with Gasteiger partial charge in [0.25, 0.3) is 0 Å². The maximum Gasteiger partial charge on any atom is 0.337 e. The Morgan fingerprint density at radius 3 is 2.41 bits per heavy atom. The molecule has 0 unspecified atom stereocenters. The number of nitrogens with one attached hydrogen (secondary N) is 1. The van der Waals surface area contributed by atoms with E-state index in [1.54, 1.807) is 19.2 Å². The number of Topliss-reactive ketones (excluding diaryl/α,β-unsaturated/α-hetero) is 1. The summed E-state index contributed by atoms with van der Waals surface area (Å²) < 4.78 is 15.8. The van der Waals surface area contributed by atoms with Crippen LogP contribution in [0.2, 0.25) is 0 Å². The second-order valence-corrected chi connectivity index (χ2v) is 8.43. The summed E-state index contributed by atoms with van der Waals surface area (Å²) in [6.07, 6.45) is 0.908. The van der Waals surface area contributed by atoms with E-state index in [1.807, 2.05) is 39.8 Å². The minimum atomic E-state index is -0.911. The molecule has 0 saturated carbocycles. The molecule has 7 nitrogen and oxygen atoms in total. The predicted molar refractivity (Wildman–Crippen MR) is 119 cm³/mol. The van der Waals surface area contributed by atoms with Gasteiger partial charge in [-0.2, -0.15) is 0 Å². The average molecular weight is 442 g/mol. The number of dihydropyridines is 1. The Balaban J connectivity index is 2.15. The van der Waals surface area contributed by atoms with Gasteiger partial charge in [-0.15, -0.1) is 0 Å². The van der Waals surface area contributed by atoms with Gasteiger partial charge < -0.3 is 19.5 Å². The monoisotopic (exact) mass is 441 g/mol. The Morgan fingerprint density at radius 1 is 1.19 bits per heavy atom. The lowest BCUT2D eigenvalue weighted by Gasteiger charge is -2.38. The second-order valence-electron chi connectivity index (χ2n) is 8.43. The largest absolute Gasteiger partial charge is 0.497 e. The molecule has 1 N–H and O–H groups in total. The highest BCUT2D eigenvalue weighted by Crippen LogP contribution is 2.45. The number of hydrogen-bond acceptors (Lipinski definition) is 7. The van der Waals surface area contributed by atoms with Crippen LogP contribution >= 0.6 is 0 Å². The summed E-state index contributed by atoms with van der Waals surface area (Å²) in [4.78, 5) is 39.3. The fourth-order valence-electron chi connectivity index (χ4n) is 4.41. The molecule has 0 radical (unpaired) electrons. The summed E-state index contributed by atoms with van der Waals surface area (Å²) >= 11 is 0. The SMILES string of the molecule is CC[C@H](C)OC(=O)C1=C(C)NC2=C(C(=O)[C@H](C(=O)OC)[C@@H](C)C2)[C@H]1c1ccc(OC)cc1. The first-order valence-electron chi connectivity index (χ1n) is 10.9. The van der Waals surface area contributed by atoms with Gasteiger partial charge in [-0.25, -0.2) is 4.79 Å². The number of allylic oxidation sites excluding steroid dienone is 3. The van der Waals surface area contributed by atoms with Crippen molar-refractivity contribution in [3.63, 3.8) is 0 Å². The number of carbonyl (C=O) groups is 3. The molecule has 4 atom stereocenters. The fraction of sp³-hybridized carbons (Fsp3) is 0.480. The topological polar surface area (TPSA) is 90.9 Å². The van der Waals surface area contributed by atoms with E-state index in [9.17, 15) is 14.4 Å². The minimum absolute atomic E-state index is 0.223. The smallest absolute Gasteiger partial charge is 0.337 e. The van der Waals surface area contributed by atoms with E-state index in [0.29, 0.717) is 35.4 Å². The van der Waals surface area contributed by atoms with E-state index in [-0.39, 0.29) is 17.8 Å². The number of esters is 2. The Bertz CT molecular complexity index is 975. The number of ether oxygens (including phenoxy) is 3. The van der Waals surface area contributed by atoms with E-state index in [0.717, 1.165) is 11.3 Å². The lowest BCUT2D eigenvalue weighted by molar-refractivity contribution is -0.151. The van der Waals surface area contributed by atoms with Crippen LogP contribution < -0.4 is 10.1 Å². The van der Waals surface area contributed by atoms with Crippen LogP contribution in [-0.4, -0.2) is 38.0 Å². The van der Waals surface area contributed by atoms with Crippen LogP contribution in [0.15, 0.2) is 46.8 Å². The molecule has 32 heavy (non-hydrogen) atoms. The first-order chi connectivity index (χ1) is 15.2. The molecule has 0 saturated heterocycles. The quantitative estimate of drug-likeness (QED) is 0.532. The van der Waals surface area contributed by atoms with Crippen LogP contribution in [0.1, 0.15) is 52.0 Å². The van der Waals surface area contributed by atoms with Gasteiger partial charge in [0.1, 0.15) is 11.7 Å². The Labute approximate surface area is 188 Å². The molecular weight excluding hydrogens is 410 g/mol.